The molecule has 0 amide bonds. The summed E-state index contributed by atoms with van der Waals surface area (Å²) in [6.07, 6.45) is 11.2. The molecular formula is C15H28N2O. The Morgan fingerprint density at radius 2 is 1.83 bits per heavy atom. The van der Waals surface area contributed by atoms with Crippen LogP contribution in [-0.2, 0) is 0 Å². The van der Waals surface area contributed by atoms with Gasteiger partial charge in [0.25, 0.3) is 0 Å². The summed E-state index contributed by atoms with van der Waals surface area (Å²) in [6, 6.07) is 1.83. The first-order chi connectivity index (χ1) is 8.86. The summed E-state index contributed by atoms with van der Waals surface area (Å²) in [6.45, 7) is 2.61. The van der Waals surface area contributed by atoms with E-state index in [2.05, 4.69) is 10.2 Å². The molecule has 2 N–H and O–H groups in total. The molecule has 2 saturated carbocycles. The van der Waals surface area contributed by atoms with Crippen LogP contribution in [0, 0.1) is 5.92 Å². The lowest BCUT2D eigenvalue weighted by Crippen LogP contribution is -2.47. The quantitative estimate of drug-likeness (QED) is 0.756. The molecule has 1 saturated heterocycles. The third kappa shape index (κ3) is 3.06. The van der Waals surface area contributed by atoms with Crippen molar-refractivity contribution in [1.82, 2.24) is 10.2 Å². The second-order valence-electron chi connectivity index (χ2n) is 6.57. The van der Waals surface area contributed by atoms with Crippen LogP contribution in [0.1, 0.15) is 51.4 Å². The Kier molecular flexibility index (Phi) is 4.22. The van der Waals surface area contributed by atoms with Crippen molar-refractivity contribution in [3.8, 4) is 0 Å². The molecule has 0 aromatic heterocycles. The van der Waals surface area contributed by atoms with E-state index in [0.29, 0.717) is 18.7 Å². The normalized spacial score (nSPS) is 32.2. The van der Waals surface area contributed by atoms with E-state index in [-0.39, 0.29) is 0 Å². The topological polar surface area (TPSA) is 35.5 Å². The fourth-order valence-electron chi connectivity index (χ4n) is 3.98. The van der Waals surface area contributed by atoms with Crippen molar-refractivity contribution >= 4 is 0 Å². The van der Waals surface area contributed by atoms with Crippen molar-refractivity contribution < 1.29 is 5.11 Å². The standard InChI is InChI=1S/C15H28N2O/c18-11-14(16-13-7-8-13)10-17-9-3-6-15(17)12-4-1-2-5-12/h12-16,18H,1-11H2. The first kappa shape index (κ1) is 12.9. The predicted octanol–water partition coefficient (Wildman–Crippen LogP) is 1.75. The largest absolute Gasteiger partial charge is 0.395 e. The molecule has 1 heterocycles. The van der Waals surface area contributed by atoms with Gasteiger partial charge < -0.3 is 10.4 Å². The van der Waals surface area contributed by atoms with Crippen molar-refractivity contribution in [1.29, 1.82) is 0 Å². The smallest absolute Gasteiger partial charge is 0.0597 e. The van der Waals surface area contributed by atoms with E-state index in [1.165, 1.54) is 57.9 Å². The number of aliphatic hydroxyl groups excluding tert-OH is 1. The van der Waals surface area contributed by atoms with Crippen LogP contribution in [0.2, 0.25) is 0 Å². The fraction of sp³-hybridized carbons (Fsp3) is 1.00. The molecule has 0 radical (unpaired) electrons. The van der Waals surface area contributed by atoms with Crippen LogP contribution in [0.5, 0.6) is 0 Å². The monoisotopic (exact) mass is 252 g/mol. The van der Waals surface area contributed by atoms with Gasteiger partial charge in [-0.25, -0.2) is 0 Å². The van der Waals surface area contributed by atoms with Crippen LogP contribution in [-0.4, -0.2) is 47.8 Å². The number of likely N-dealkylation sites (tertiary alicyclic amines) is 1. The Balaban J connectivity index is 1.52. The molecule has 2 unspecified atom stereocenters. The first-order valence-electron chi connectivity index (χ1n) is 7.98. The zero-order chi connectivity index (χ0) is 12.4. The average Bonchev–Trinajstić information content (AvgIpc) is 2.88. The third-order valence-corrected chi connectivity index (χ3v) is 5.08. The van der Waals surface area contributed by atoms with E-state index >= 15 is 0 Å². The number of nitrogens with zero attached hydrogens (tertiary/aromatic N) is 1. The SMILES string of the molecule is OCC(CN1CCCC1C1CCCC1)NC1CC1. The van der Waals surface area contributed by atoms with Gasteiger partial charge in [0.2, 0.25) is 0 Å². The average molecular weight is 252 g/mol. The number of rotatable bonds is 6. The van der Waals surface area contributed by atoms with Crippen molar-refractivity contribution in [2.75, 3.05) is 19.7 Å². The number of aliphatic hydroxyl groups is 1. The Morgan fingerprint density at radius 1 is 1.06 bits per heavy atom. The summed E-state index contributed by atoms with van der Waals surface area (Å²) in [5.74, 6) is 0.952. The van der Waals surface area contributed by atoms with E-state index in [9.17, 15) is 5.11 Å². The van der Waals surface area contributed by atoms with Gasteiger partial charge in [-0.15, -0.1) is 0 Å². The predicted molar refractivity (Wildman–Crippen MR) is 73.6 cm³/mol. The minimum atomic E-state index is 0.296. The Morgan fingerprint density at radius 3 is 2.50 bits per heavy atom. The summed E-state index contributed by atoms with van der Waals surface area (Å²) < 4.78 is 0. The van der Waals surface area contributed by atoms with Gasteiger partial charge in [0.05, 0.1) is 6.61 Å². The highest BCUT2D eigenvalue weighted by molar-refractivity contribution is 4.91. The summed E-state index contributed by atoms with van der Waals surface area (Å²) in [7, 11) is 0. The molecular weight excluding hydrogens is 224 g/mol. The van der Waals surface area contributed by atoms with Gasteiger partial charge in [-0.2, -0.15) is 0 Å². The second-order valence-corrected chi connectivity index (χ2v) is 6.57. The summed E-state index contributed by atoms with van der Waals surface area (Å²) in [5, 5.41) is 13.1. The number of hydrogen-bond acceptors (Lipinski definition) is 3. The Hall–Kier alpha value is -0.120. The van der Waals surface area contributed by atoms with Crippen molar-refractivity contribution in [3.63, 3.8) is 0 Å². The summed E-state index contributed by atoms with van der Waals surface area (Å²) >= 11 is 0. The molecule has 3 rings (SSSR count). The van der Waals surface area contributed by atoms with Gasteiger partial charge in [-0.3, -0.25) is 4.90 Å². The van der Waals surface area contributed by atoms with E-state index in [4.69, 9.17) is 0 Å². The highest BCUT2D eigenvalue weighted by Crippen LogP contribution is 2.35. The zero-order valence-corrected chi connectivity index (χ0v) is 11.5. The van der Waals surface area contributed by atoms with E-state index in [0.717, 1.165) is 18.5 Å². The lowest BCUT2D eigenvalue weighted by Gasteiger charge is -2.32. The van der Waals surface area contributed by atoms with Gasteiger partial charge in [0.15, 0.2) is 0 Å². The summed E-state index contributed by atoms with van der Waals surface area (Å²) in [4.78, 5) is 2.67. The first-order valence-corrected chi connectivity index (χ1v) is 7.98. The van der Waals surface area contributed by atoms with Gasteiger partial charge in [-0.05, 0) is 51.0 Å². The molecule has 3 heteroatoms. The van der Waals surface area contributed by atoms with Gasteiger partial charge in [0, 0.05) is 24.7 Å². The zero-order valence-electron chi connectivity index (χ0n) is 11.5. The highest BCUT2D eigenvalue weighted by atomic mass is 16.3. The minimum Gasteiger partial charge on any atom is -0.395 e. The maximum Gasteiger partial charge on any atom is 0.0597 e. The molecule has 18 heavy (non-hydrogen) atoms. The number of nitrogens with one attached hydrogen (secondary N) is 1. The van der Waals surface area contributed by atoms with Crippen LogP contribution in [0.15, 0.2) is 0 Å². The van der Waals surface area contributed by atoms with Gasteiger partial charge >= 0.3 is 0 Å². The molecule has 3 nitrogen and oxygen atoms in total. The molecule has 2 atom stereocenters. The van der Waals surface area contributed by atoms with Crippen molar-refractivity contribution in [2.24, 2.45) is 5.92 Å². The van der Waals surface area contributed by atoms with Gasteiger partial charge in [0.1, 0.15) is 0 Å². The molecule has 1 aliphatic heterocycles. The summed E-state index contributed by atoms with van der Waals surface area (Å²) in [5.41, 5.74) is 0. The van der Waals surface area contributed by atoms with Crippen LogP contribution in [0.25, 0.3) is 0 Å². The molecule has 0 spiro atoms. The Labute approximate surface area is 111 Å². The van der Waals surface area contributed by atoms with E-state index < -0.39 is 0 Å². The molecule has 0 bridgehead atoms. The second kappa shape index (κ2) is 5.89. The molecule has 3 aliphatic rings. The lowest BCUT2D eigenvalue weighted by molar-refractivity contribution is 0.143. The molecule has 3 fully saturated rings. The maximum absolute atomic E-state index is 9.53. The van der Waals surface area contributed by atoms with Crippen LogP contribution < -0.4 is 5.32 Å². The molecule has 0 aromatic carbocycles. The lowest BCUT2D eigenvalue weighted by atomic mass is 9.96. The van der Waals surface area contributed by atoms with Gasteiger partial charge in [-0.1, -0.05) is 12.8 Å². The minimum absolute atomic E-state index is 0.296. The highest BCUT2D eigenvalue weighted by Gasteiger charge is 2.34. The van der Waals surface area contributed by atoms with Crippen LogP contribution in [0.3, 0.4) is 0 Å². The molecule has 104 valence electrons. The maximum atomic E-state index is 9.53. The number of hydrogen-bond donors (Lipinski definition) is 2. The molecule has 2 aliphatic carbocycles. The van der Waals surface area contributed by atoms with E-state index in [1.807, 2.05) is 0 Å². The van der Waals surface area contributed by atoms with E-state index in [1.54, 1.807) is 0 Å². The van der Waals surface area contributed by atoms with Crippen LogP contribution in [0.4, 0.5) is 0 Å². The van der Waals surface area contributed by atoms with Crippen molar-refractivity contribution in [2.45, 2.75) is 69.5 Å². The molecule has 0 aromatic rings. The fourth-order valence-corrected chi connectivity index (χ4v) is 3.98. The third-order valence-electron chi connectivity index (χ3n) is 5.08. The Bertz CT molecular complexity index is 261. The van der Waals surface area contributed by atoms with Crippen molar-refractivity contribution in [3.05, 3.63) is 0 Å². The van der Waals surface area contributed by atoms with Crippen LogP contribution >= 0.6 is 0 Å².